The molecule has 0 unspecified atom stereocenters. The van der Waals surface area contributed by atoms with E-state index in [-0.39, 0.29) is 10.9 Å². The molecule has 0 aliphatic carbocycles. The number of pyridine rings is 3. The maximum absolute atomic E-state index is 14.9. The van der Waals surface area contributed by atoms with Gasteiger partial charge in [-0.05, 0) is 84.9 Å². The van der Waals surface area contributed by atoms with E-state index >= 15 is 0 Å². The Morgan fingerprint density at radius 1 is 0.364 bits per heavy atom. The van der Waals surface area contributed by atoms with Crippen molar-refractivity contribution in [3.05, 3.63) is 190 Å². The summed E-state index contributed by atoms with van der Waals surface area (Å²) in [6.45, 7) is 0. The molecular weight excluding hydrogens is 677 g/mol. The number of hydrogen-bond donors (Lipinski definition) is 0. The molecule has 5 heterocycles. The third-order valence-corrected chi connectivity index (χ3v) is 11.4. The maximum atomic E-state index is 14.9. The first-order valence-electron chi connectivity index (χ1n) is 18.4. The largest absolute Gasteiger partial charge is 0.309 e. The Kier molecular flexibility index (Phi) is 5.98. The van der Waals surface area contributed by atoms with Gasteiger partial charge in [-0.25, -0.2) is 0 Å². The lowest BCUT2D eigenvalue weighted by Crippen LogP contribution is -2.15. The monoisotopic (exact) mass is 704 g/mol. The molecule has 0 radical (unpaired) electrons. The minimum Gasteiger partial charge on any atom is -0.309 e. The van der Waals surface area contributed by atoms with E-state index in [1.165, 1.54) is 0 Å². The fraction of sp³-hybridized carbons (Fsp3) is 0. The Bertz CT molecular complexity index is 3380. The lowest BCUT2D eigenvalue weighted by Gasteiger charge is -2.18. The van der Waals surface area contributed by atoms with E-state index in [0.29, 0.717) is 32.8 Å². The van der Waals surface area contributed by atoms with E-state index in [9.17, 15) is 9.59 Å². The molecular formula is C49H28N4O2. The first kappa shape index (κ1) is 29.9. The summed E-state index contributed by atoms with van der Waals surface area (Å²) in [5, 5.41) is 6.72. The molecule has 6 nitrogen and oxygen atoms in total. The fourth-order valence-corrected chi connectivity index (χ4v) is 9.05. The number of aromatic nitrogens is 4. The SMILES string of the molecule is O=c1c2cc(-n3c4ccccc4c4ccccc43)ccc2n2c3ccc(-n4c5ccccc5c5ccccc54)cc3c(=O)c3cc(-c4ccccn4)cc1c32. The zero-order valence-electron chi connectivity index (χ0n) is 29.3. The van der Waals surface area contributed by atoms with E-state index in [4.69, 9.17) is 0 Å². The molecule has 0 aliphatic heterocycles. The molecule has 12 rings (SSSR count). The summed E-state index contributed by atoms with van der Waals surface area (Å²) in [5.41, 5.74) is 9.33. The van der Waals surface area contributed by atoms with Gasteiger partial charge in [-0.15, -0.1) is 0 Å². The predicted octanol–water partition coefficient (Wildman–Crippen LogP) is 10.8. The van der Waals surface area contributed by atoms with Crippen molar-refractivity contribution >= 4 is 81.7 Å². The summed E-state index contributed by atoms with van der Waals surface area (Å²) in [6, 6.07) is 55.3. The molecule has 6 heteroatoms. The maximum Gasteiger partial charge on any atom is 0.197 e. The Balaban J connectivity index is 1.22. The number of nitrogens with zero attached hydrogens (tertiary/aromatic N) is 4. The smallest absolute Gasteiger partial charge is 0.197 e. The van der Waals surface area contributed by atoms with E-state index in [0.717, 1.165) is 71.6 Å². The van der Waals surface area contributed by atoms with Crippen molar-refractivity contribution in [2.45, 2.75) is 0 Å². The molecule has 5 aromatic heterocycles. The Hall–Kier alpha value is -7.57. The van der Waals surface area contributed by atoms with Crippen molar-refractivity contribution < 1.29 is 0 Å². The van der Waals surface area contributed by atoms with Crippen LogP contribution in [0.15, 0.2) is 180 Å². The van der Waals surface area contributed by atoms with Gasteiger partial charge < -0.3 is 13.5 Å². The number of rotatable bonds is 3. The van der Waals surface area contributed by atoms with Gasteiger partial charge in [0.25, 0.3) is 0 Å². The second-order valence-corrected chi connectivity index (χ2v) is 14.3. The van der Waals surface area contributed by atoms with Gasteiger partial charge in [0.2, 0.25) is 0 Å². The molecule has 0 amide bonds. The second kappa shape index (κ2) is 11.0. The normalized spacial score (nSPS) is 12.1. The Labute approximate surface area is 312 Å². The minimum atomic E-state index is -0.124. The van der Waals surface area contributed by atoms with Crippen LogP contribution in [0.1, 0.15) is 0 Å². The summed E-state index contributed by atoms with van der Waals surface area (Å²) in [5.74, 6) is 0. The molecule has 0 atom stereocenters. The lowest BCUT2D eigenvalue weighted by atomic mass is 9.98. The summed E-state index contributed by atoms with van der Waals surface area (Å²) in [7, 11) is 0. The van der Waals surface area contributed by atoms with Gasteiger partial charge >= 0.3 is 0 Å². The molecule has 0 N–H and O–H groups in total. The quantitative estimate of drug-likeness (QED) is 0.136. The van der Waals surface area contributed by atoms with Crippen molar-refractivity contribution in [3.8, 4) is 22.6 Å². The van der Waals surface area contributed by atoms with Crippen LogP contribution in [-0.4, -0.2) is 18.5 Å². The van der Waals surface area contributed by atoms with Gasteiger partial charge in [-0.3, -0.25) is 14.6 Å². The predicted molar refractivity (Wildman–Crippen MR) is 226 cm³/mol. The summed E-state index contributed by atoms with van der Waals surface area (Å²) < 4.78 is 6.58. The van der Waals surface area contributed by atoms with Crippen molar-refractivity contribution in [2.75, 3.05) is 0 Å². The van der Waals surface area contributed by atoms with Gasteiger partial charge in [0, 0.05) is 66.2 Å². The standard InChI is InChI=1S/C49H28N4O2/c54-48-36-27-30(51-41-16-5-1-11-32(41)33-12-2-6-17-42(33)51)20-22-45(36)53-46-23-21-31(52-43-18-7-3-13-34(43)35-14-4-8-19-44(35)52)28-37(46)49(55)39-26-29(25-38(48)47(39)53)40-15-9-10-24-50-40/h1-28H. The average molecular weight is 705 g/mol. The van der Waals surface area contributed by atoms with Gasteiger partial charge in [0.15, 0.2) is 10.9 Å². The highest BCUT2D eigenvalue weighted by Crippen LogP contribution is 2.37. The van der Waals surface area contributed by atoms with E-state index < -0.39 is 0 Å². The van der Waals surface area contributed by atoms with Crippen LogP contribution in [0, 0.1) is 0 Å². The van der Waals surface area contributed by atoms with Crippen LogP contribution < -0.4 is 10.9 Å². The van der Waals surface area contributed by atoms with Gasteiger partial charge in [0.1, 0.15) is 0 Å². The van der Waals surface area contributed by atoms with Crippen molar-refractivity contribution in [3.63, 3.8) is 0 Å². The van der Waals surface area contributed by atoms with Crippen LogP contribution in [0.3, 0.4) is 0 Å². The van der Waals surface area contributed by atoms with Crippen molar-refractivity contribution in [1.82, 2.24) is 18.5 Å². The molecule has 0 saturated carbocycles. The van der Waals surface area contributed by atoms with E-state index in [1.54, 1.807) is 6.20 Å². The molecule has 12 aromatic rings. The van der Waals surface area contributed by atoms with Crippen molar-refractivity contribution in [2.24, 2.45) is 0 Å². The summed E-state index contributed by atoms with van der Waals surface area (Å²) >= 11 is 0. The highest BCUT2D eigenvalue weighted by molar-refractivity contribution is 6.13. The van der Waals surface area contributed by atoms with Crippen LogP contribution in [0.5, 0.6) is 0 Å². The van der Waals surface area contributed by atoms with E-state index in [2.05, 4.69) is 103 Å². The third kappa shape index (κ3) is 4.05. The minimum absolute atomic E-state index is 0.124. The van der Waals surface area contributed by atoms with Gasteiger partial charge in [0.05, 0.1) is 44.3 Å². The molecule has 256 valence electrons. The van der Waals surface area contributed by atoms with Crippen LogP contribution >= 0.6 is 0 Å². The van der Waals surface area contributed by atoms with Crippen molar-refractivity contribution in [1.29, 1.82) is 0 Å². The number of fused-ring (bicyclic) bond motifs is 10. The summed E-state index contributed by atoms with van der Waals surface area (Å²) in [4.78, 5) is 34.4. The zero-order valence-corrected chi connectivity index (χ0v) is 29.3. The molecule has 0 aliphatic rings. The first-order valence-corrected chi connectivity index (χ1v) is 18.4. The molecule has 0 spiro atoms. The van der Waals surface area contributed by atoms with Crippen LogP contribution in [0.25, 0.3) is 104 Å². The van der Waals surface area contributed by atoms with E-state index in [1.807, 2.05) is 78.9 Å². The number of benzene rings is 7. The Morgan fingerprint density at radius 3 is 1.20 bits per heavy atom. The average Bonchev–Trinajstić information content (AvgIpc) is 3.76. The molecule has 0 saturated heterocycles. The van der Waals surface area contributed by atoms with Crippen LogP contribution in [0.2, 0.25) is 0 Å². The molecule has 55 heavy (non-hydrogen) atoms. The number of para-hydroxylation sites is 4. The second-order valence-electron chi connectivity index (χ2n) is 14.3. The molecule has 0 fully saturated rings. The summed E-state index contributed by atoms with van der Waals surface area (Å²) in [6.07, 6.45) is 1.73. The number of hydrogen-bond acceptors (Lipinski definition) is 3. The van der Waals surface area contributed by atoms with Crippen LogP contribution in [-0.2, 0) is 0 Å². The zero-order chi connectivity index (χ0) is 36.4. The molecule has 7 aromatic carbocycles. The fourth-order valence-electron chi connectivity index (χ4n) is 9.05. The van der Waals surface area contributed by atoms with Gasteiger partial charge in [-0.2, -0.15) is 0 Å². The highest BCUT2D eigenvalue weighted by Gasteiger charge is 2.21. The Morgan fingerprint density at radius 2 is 0.782 bits per heavy atom. The topological polar surface area (TPSA) is 61.3 Å². The van der Waals surface area contributed by atoms with Crippen LogP contribution in [0.4, 0.5) is 0 Å². The molecule has 0 bridgehead atoms. The third-order valence-electron chi connectivity index (χ3n) is 11.4. The van der Waals surface area contributed by atoms with Gasteiger partial charge in [-0.1, -0.05) is 78.9 Å². The lowest BCUT2D eigenvalue weighted by molar-refractivity contribution is 1.18. The highest BCUT2D eigenvalue weighted by atomic mass is 16.1. The first-order chi connectivity index (χ1) is 27.1.